The highest BCUT2D eigenvalue weighted by Crippen LogP contribution is 2.27. The molecule has 1 atom stereocenters. The minimum atomic E-state index is -0.702. The second-order valence-corrected chi connectivity index (χ2v) is 4.42. The molecule has 0 saturated heterocycles. The Hall–Kier alpha value is -0.510. The number of carbonyl (C=O) groups excluding carboxylic acids is 1. The van der Waals surface area contributed by atoms with Crippen molar-refractivity contribution in [2.75, 3.05) is 11.2 Å². The molecule has 6 heteroatoms. The number of hydrogen-bond donors (Lipinski definition) is 1. The van der Waals surface area contributed by atoms with E-state index in [2.05, 4.69) is 5.32 Å². The van der Waals surface area contributed by atoms with Gasteiger partial charge in [0.05, 0.1) is 10.0 Å². The van der Waals surface area contributed by atoms with Crippen molar-refractivity contribution in [1.29, 1.82) is 0 Å². The van der Waals surface area contributed by atoms with Crippen LogP contribution in [-0.2, 0) is 4.79 Å². The van der Waals surface area contributed by atoms with Crippen LogP contribution >= 0.6 is 34.8 Å². The summed E-state index contributed by atoms with van der Waals surface area (Å²) in [5.41, 5.74) is 0.346. The maximum absolute atomic E-state index is 13.1. The van der Waals surface area contributed by atoms with Crippen LogP contribution in [-0.4, -0.2) is 11.8 Å². The molecule has 1 N–H and O–H groups in total. The topological polar surface area (TPSA) is 29.1 Å². The zero-order valence-corrected chi connectivity index (χ0v) is 10.6. The van der Waals surface area contributed by atoms with Gasteiger partial charge in [-0.1, -0.05) is 30.1 Å². The summed E-state index contributed by atoms with van der Waals surface area (Å²) in [6.45, 7) is 1.68. The maximum atomic E-state index is 13.1. The van der Waals surface area contributed by atoms with Gasteiger partial charge in [0.2, 0.25) is 5.91 Å². The van der Waals surface area contributed by atoms with Gasteiger partial charge >= 0.3 is 0 Å². The first kappa shape index (κ1) is 13.6. The first-order valence-corrected chi connectivity index (χ1v) is 5.76. The number of amides is 1. The van der Waals surface area contributed by atoms with Gasteiger partial charge in [-0.15, -0.1) is 11.6 Å². The average molecular weight is 285 g/mol. The fourth-order valence-corrected chi connectivity index (χ4v) is 1.59. The molecule has 2 nitrogen and oxygen atoms in total. The third-order valence-corrected chi connectivity index (χ3v) is 2.94. The summed E-state index contributed by atoms with van der Waals surface area (Å²) in [6.07, 6.45) is 0. The van der Waals surface area contributed by atoms with E-state index in [1.165, 1.54) is 12.1 Å². The number of anilines is 1. The van der Waals surface area contributed by atoms with Crippen LogP contribution in [0.5, 0.6) is 0 Å². The van der Waals surface area contributed by atoms with Crippen molar-refractivity contribution < 1.29 is 9.18 Å². The molecule has 88 valence electrons. The van der Waals surface area contributed by atoms with Gasteiger partial charge < -0.3 is 5.32 Å². The van der Waals surface area contributed by atoms with E-state index in [1.807, 2.05) is 0 Å². The quantitative estimate of drug-likeness (QED) is 0.661. The monoisotopic (exact) mass is 283 g/mol. The van der Waals surface area contributed by atoms with Gasteiger partial charge in [0.1, 0.15) is 0 Å². The summed E-state index contributed by atoms with van der Waals surface area (Å²) in [6, 6.07) is 2.59. The van der Waals surface area contributed by atoms with Gasteiger partial charge in [0.15, 0.2) is 5.82 Å². The highest BCUT2D eigenvalue weighted by molar-refractivity contribution is 6.35. The highest BCUT2D eigenvalue weighted by atomic mass is 35.5. The molecule has 1 amide bonds. The molecule has 1 aromatic carbocycles. The van der Waals surface area contributed by atoms with Crippen LogP contribution in [0.3, 0.4) is 0 Å². The highest BCUT2D eigenvalue weighted by Gasteiger charge is 2.13. The van der Waals surface area contributed by atoms with Gasteiger partial charge in [-0.25, -0.2) is 4.39 Å². The molecule has 0 fully saturated rings. The van der Waals surface area contributed by atoms with Crippen molar-refractivity contribution in [2.24, 2.45) is 5.92 Å². The second-order valence-electron chi connectivity index (χ2n) is 3.30. The van der Waals surface area contributed by atoms with E-state index in [4.69, 9.17) is 34.8 Å². The van der Waals surface area contributed by atoms with Crippen LogP contribution in [0.2, 0.25) is 10.0 Å². The number of halogens is 4. The summed E-state index contributed by atoms with van der Waals surface area (Å²) in [5.74, 6) is -1.11. The number of rotatable bonds is 3. The van der Waals surface area contributed by atoms with Crippen molar-refractivity contribution in [2.45, 2.75) is 6.92 Å². The second kappa shape index (κ2) is 5.71. The molecule has 0 heterocycles. The first-order valence-electron chi connectivity index (χ1n) is 4.47. The Morgan fingerprint density at radius 2 is 1.94 bits per heavy atom. The standard InChI is InChI=1S/C10H9Cl3FNO/c1-5(4-11)10(16)15-6-2-7(12)9(14)8(13)3-6/h2-3,5H,4H2,1H3,(H,15,16). The van der Waals surface area contributed by atoms with E-state index in [0.717, 1.165) is 0 Å². The minimum Gasteiger partial charge on any atom is -0.326 e. The number of benzene rings is 1. The Balaban J connectivity index is 2.87. The fourth-order valence-electron chi connectivity index (χ4n) is 0.963. The summed E-state index contributed by atoms with van der Waals surface area (Å²) >= 11 is 16.7. The predicted molar refractivity (Wildman–Crippen MR) is 64.9 cm³/mol. The summed E-state index contributed by atoms with van der Waals surface area (Å²) in [5, 5.41) is 2.27. The van der Waals surface area contributed by atoms with Gasteiger partial charge in [0.25, 0.3) is 0 Å². The Morgan fingerprint density at radius 1 is 1.44 bits per heavy atom. The molecular weight excluding hydrogens is 275 g/mol. The number of hydrogen-bond acceptors (Lipinski definition) is 1. The lowest BCUT2D eigenvalue weighted by atomic mass is 10.2. The molecule has 1 rings (SSSR count). The van der Waals surface area contributed by atoms with Crippen LogP contribution in [0.15, 0.2) is 12.1 Å². The van der Waals surface area contributed by atoms with Crippen molar-refractivity contribution in [3.8, 4) is 0 Å². The van der Waals surface area contributed by atoms with Gasteiger partial charge in [-0.2, -0.15) is 0 Å². The van der Waals surface area contributed by atoms with Crippen LogP contribution in [0.4, 0.5) is 10.1 Å². The van der Waals surface area contributed by atoms with E-state index >= 15 is 0 Å². The minimum absolute atomic E-state index is 0.138. The number of alkyl halides is 1. The lowest BCUT2D eigenvalue weighted by molar-refractivity contribution is -0.118. The summed E-state index contributed by atoms with van der Waals surface area (Å²) < 4.78 is 13.1. The van der Waals surface area contributed by atoms with Crippen molar-refractivity contribution in [1.82, 2.24) is 0 Å². The molecule has 0 radical (unpaired) electrons. The van der Waals surface area contributed by atoms with Crippen LogP contribution in [0, 0.1) is 11.7 Å². The molecule has 0 bridgehead atoms. The lowest BCUT2D eigenvalue weighted by Crippen LogP contribution is -2.21. The lowest BCUT2D eigenvalue weighted by Gasteiger charge is -2.10. The van der Waals surface area contributed by atoms with E-state index in [9.17, 15) is 9.18 Å². The average Bonchev–Trinajstić information content (AvgIpc) is 2.24. The molecule has 0 aromatic heterocycles. The van der Waals surface area contributed by atoms with E-state index < -0.39 is 5.82 Å². The fraction of sp³-hybridized carbons (Fsp3) is 0.300. The van der Waals surface area contributed by atoms with Crippen molar-refractivity contribution in [3.63, 3.8) is 0 Å². The Morgan fingerprint density at radius 3 is 2.38 bits per heavy atom. The first-order chi connectivity index (χ1) is 7.45. The Labute approximate surface area is 108 Å². The smallest absolute Gasteiger partial charge is 0.228 e. The summed E-state index contributed by atoms with van der Waals surface area (Å²) in [7, 11) is 0. The van der Waals surface area contributed by atoms with Gasteiger partial charge in [0, 0.05) is 17.5 Å². The van der Waals surface area contributed by atoms with Crippen LogP contribution in [0.1, 0.15) is 6.92 Å². The third-order valence-electron chi connectivity index (χ3n) is 1.93. The number of carbonyl (C=O) groups is 1. The van der Waals surface area contributed by atoms with E-state index in [-0.39, 0.29) is 27.8 Å². The molecule has 1 aromatic rings. The van der Waals surface area contributed by atoms with Crippen molar-refractivity contribution in [3.05, 3.63) is 28.0 Å². The van der Waals surface area contributed by atoms with E-state index in [0.29, 0.717) is 5.69 Å². The zero-order chi connectivity index (χ0) is 12.3. The molecule has 0 aliphatic heterocycles. The zero-order valence-electron chi connectivity index (χ0n) is 8.36. The molecule has 1 unspecified atom stereocenters. The molecule has 0 saturated carbocycles. The molecule has 0 aliphatic rings. The van der Waals surface area contributed by atoms with Gasteiger partial charge in [-0.3, -0.25) is 4.79 Å². The van der Waals surface area contributed by atoms with Crippen molar-refractivity contribution >= 4 is 46.4 Å². The molecular formula is C10H9Cl3FNO. The molecule has 0 aliphatic carbocycles. The van der Waals surface area contributed by atoms with Crippen LogP contribution in [0.25, 0.3) is 0 Å². The van der Waals surface area contributed by atoms with Gasteiger partial charge in [-0.05, 0) is 12.1 Å². The predicted octanol–water partition coefficient (Wildman–Crippen LogP) is 3.95. The maximum Gasteiger partial charge on any atom is 0.228 e. The SMILES string of the molecule is CC(CCl)C(=O)Nc1cc(Cl)c(F)c(Cl)c1. The largest absolute Gasteiger partial charge is 0.326 e. The number of nitrogens with one attached hydrogen (secondary N) is 1. The summed E-state index contributed by atoms with van der Waals surface area (Å²) in [4.78, 5) is 11.5. The molecule has 16 heavy (non-hydrogen) atoms. The Bertz CT molecular complexity index is 388. The van der Waals surface area contributed by atoms with Crippen LogP contribution < -0.4 is 5.32 Å². The molecule has 0 spiro atoms. The third kappa shape index (κ3) is 3.24. The Kier molecular flexibility index (Phi) is 4.84. The normalized spacial score (nSPS) is 12.3. The van der Waals surface area contributed by atoms with E-state index in [1.54, 1.807) is 6.92 Å².